The van der Waals surface area contributed by atoms with Gasteiger partial charge in [0.15, 0.2) is 0 Å². The van der Waals surface area contributed by atoms with E-state index < -0.39 is 10.0 Å². The molecule has 2 aromatic rings. The van der Waals surface area contributed by atoms with E-state index in [-0.39, 0.29) is 28.8 Å². The molecule has 0 spiro atoms. The molecule has 6 nitrogen and oxygen atoms in total. The number of fused-ring (bicyclic) bond motifs is 2. The molecular formula is C19H20ClN3O3S. The van der Waals surface area contributed by atoms with Crippen molar-refractivity contribution < 1.29 is 13.2 Å². The van der Waals surface area contributed by atoms with Gasteiger partial charge in [-0.15, -0.1) is 0 Å². The molecule has 1 saturated carbocycles. The van der Waals surface area contributed by atoms with Gasteiger partial charge in [-0.1, -0.05) is 17.7 Å². The number of aryl methyl sites for hydroxylation is 1. The van der Waals surface area contributed by atoms with Crippen LogP contribution in [0.25, 0.3) is 0 Å². The molecule has 1 aromatic heterocycles. The van der Waals surface area contributed by atoms with E-state index in [1.165, 1.54) is 16.6 Å². The van der Waals surface area contributed by atoms with Crippen molar-refractivity contribution in [2.45, 2.75) is 36.7 Å². The van der Waals surface area contributed by atoms with Crippen LogP contribution in [-0.2, 0) is 10.0 Å². The lowest BCUT2D eigenvalue weighted by atomic mass is 10.1. The number of piperidine rings is 1. The molecule has 2 bridgehead atoms. The van der Waals surface area contributed by atoms with E-state index in [1.807, 2.05) is 6.92 Å². The fraction of sp³-hybridized carbons (Fsp3) is 0.368. The summed E-state index contributed by atoms with van der Waals surface area (Å²) in [6, 6.07) is 7.76. The first kappa shape index (κ1) is 18.4. The topological polar surface area (TPSA) is 79.4 Å². The van der Waals surface area contributed by atoms with Gasteiger partial charge in [0.25, 0.3) is 5.91 Å². The van der Waals surface area contributed by atoms with E-state index in [0.29, 0.717) is 17.1 Å². The Kier molecular flexibility index (Phi) is 4.70. The van der Waals surface area contributed by atoms with Gasteiger partial charge in [0.05, 0.1) is 10.5 Å². The van der Waals surface area contributed by atoms with E-state index in [4.69, 9.17) is 11.6 Å². The van der Waals surface area contributed by atoms with Gasteiger partial charge in [-0.2, -0.15) is 4.31 Å². The first-order valence-corrected chi connectivity index (χ1v) is 10.7. The van der Waals surface area contributed by atoms with Gasteiger partial charge in [-0.05, 0) is 55.5 Å². The van der Waals surface area contributed by atoms with Crippen molar-refractivity contribution >= 4 is 27.5 Å². The molecule has 0 radical (unpaired) electrons. The number of carbonyl (C=O) groups excluding carboxylic acids is 1. The number of halogens is 1. The first-order valence-electron chi connectivity index (χ1n) is 8.85. The van der Waals surface area contributed by atoms with Crippen molar-refractivity contribution in [3.05, 3.63) is 58.9 Å². The third kappa shape index (κ3) is 3.35. The molecule has 3 atom stereocenters. The van der Waals surface area contributed by atoms with E-state index in [2.05, 4.69) is 10.3 Å². The predicted molar refractivity (Wildman–Crippen MR) is 102 cm³/mol. The minimum Gasteiger partial charge on any atom is -0.348 e. The van der Waals surface area contributed by atoms with Crippen LogP contribution < -0.4 is 5.32 Å². The number of amides is 1. The Labute approximate surface area is 163 Å². The van der Waals surface area contributed by atoms with Gasteiger partial charge in [-0.3, -0.25) is 9.78 Å². The summed E-state index contributed by atoms with van der Waals surface area (Å²) < 4.78 is 27.8. The zero-order valence-corrected chi connectivity index (χ0v) is 16.4. The van der Waals surface area contributed by atoms with Crippen LogP contribution in [0.3, 0.4) is 0 Å². The minimum atomic E-state index is -3.66. The molecule has 1 aliphatic carbocycles. The number of carbonyl (C=O) groups is 1. The van der Waals surface area contributed by atoms with Crippen LogP contribution in [0.15, 0.2) is 47.6 Å². The van der Waals surface area contributed by atoms with Gasteiger partial charge < -0.3 is 5.32 Å². The Hall–Kier alpha value is -1.96. The fourth-order valence-electron chi connectivity index (χ4n) is 4.03. The fourth-order valence-corrected chi connectivity index (χ4v) is 6.04. The lowest BCUT2D eigenvalue weighted by Gasteiger charge is -2.33. The Morgan fingerprint density at radius 3 is 2.78 bits per heavy atom. The molecule has 1 aliphatic heterocycles. The maximum absolute atomic E-state index is 13.1. The van der Waals surface area contributed by atoms with Crippen LogP contribution in [0.4, 0.5) is 0 Å². The number of rotatable bonds is 4. The second-order valence-corrected chi connectivity index (χ2v) is 9.51. The lowest BCUT2D eigenvalue weighted by molar-refractivity contribution is 0.0916. The van der Waals surface area contributed by atoms with Crippen molar-refractivity contribution in [1.29, 1.82) is 0 Å². The third-order valence-corrected chi connectivity index (χ3v) is 7.72. The zero-order valence-electron chi connectivity index (χ0n) is 14.8. The Morgan fingerprint density at radius 2 is 2.11 bits per heavy atom. The smallest absolute Gasteiger partial charge is 0.253 e. The van der Waals surface area contributed by atoms with Crippen molar-refractivity contribution in [1.82, 2.24) is 14.6 Å². The summed E-state index contributed by atoms with van der Waals surface area (Å²) in [7, 11) is -3.66. The van der Waals surface area contributed by atoms with Gasteiger partial charge >= 0.3 is 0 Å². The zero-order chi connectivity index (χ0) is 19.2. The molecule has 2 fully saturated rings. The SMILES string of the molecule is Cc1ccc(S(=O)(=O)N2CC3CC(NC(=O)c4cccnc4)C2C3)cc1Cl. The van der Waals surface area contributed by atoms with Crippen molar-refractivity contribution in [3.8, 4) is 0 Å². The van der Waals surface area contributed by atoms with Crippen molar-refractivity contribution in [2.75, 3.05) is 6.54 Å². The average Bonchev–Trinajstić information content (AvgIpc) is 3.25. The quantitative estimate of drug-likeness (QED) is 0.848. The predicted octanol–water partition coefficient (Wildman–Crippen LogP) is 2.62. The molecule has 3 unspecified atom stereocenters. The number of nitrogens with zero attached hydrogens (tertiary/aromatic N) is 2. The largest absolute Gasteiger partial charge is 0.348 e. The first-order chi connectivity index (χ1) is 12.9. The molecule has 1 amide bonds. The monoisotopic (exact) mass is 405 g/mol. The van der Waals surface area contributed by atoms with Crippen LogP contribution in [0, 0.1) is 12.8 Å². The summed E-state index contributed by atoms with van der Waals surface area (Å²) in [4.78, 5) is 16.6. The maximum atomic E-state index is 13.1. The molecule has 1 aromatic carbocycles. The molecule has 1 saturated heterocycles. The number of hydrogen-bond donors (Lipinski definition) is 1. The maximum Gasteiger partial charge on any atom is 0.253 e. The summed E-state index contributed by atoms with van der Waals surface area (Å²) in [5.41, 5.74) is 1.31. The molecule has 2 aliphatic rings. The van der Waals surface area contributed by atoms with Crippen LogP contribution >= 0.6 is 11.6 Å². The van der Waals surface area contributed by atoms with Crippen molar-refractivity contribution in [3.63, 3.8) is 0 Å². The van der Waals surface area contributed by atoms with Crippen LogP contribution in [0.1, 0.15) is 28.8 Å². The molecule has 4 rings (SSSR count). The number of nitrogens with one attached hydrogen (secondary N) is 1. The highest BCUT2D eigenvalue weighted by Gasteiger charge is 2.50. The molecule has 27 heavy (non-hydrogen) atoms. The second-order valence-electron chi connectivity index (χ2n) is 7.21. The van der Waals surface area contributed by atoms with Crippen LogP contribution in [0.2, 0.25) is 5.02 Å². The number of sulfonamides is 1. The normalized spacial score (nSPS) is 24.9. The Bertz CT molecular complexity index is 981. The number of aromatic nitrogens is 1. The molecule has 2 heterocycles. The summed E-state index contributed by atoms with van der Waals surface area (Å²) in [5.74, 6) is 0.0290. The third-order valence-electron chi connectivity index (χ3n) is 5.42. The van der Waals surface area contributed by atoms with Crippen molar-refractivity contribution in [2.24, 2.45) is 5.92 Å². The summed E-state index contributed by atoms with van der Waals surface area (Å²) >= 11 is 6.13. The van der Waals surface area contributed by atoms with Crippen LogP contribution in [-0.4, -0.2) is 42.2 Å². The molecule has 1 N–H and O–H groups in total. The molecular weight excluding hydrogens is 386 g/mol. The summed E-state index contributed by atoms with van der Waals surface area (Å²) in [6.45, 7) is 2.32. The van der Waals surface area contributed by atoms with E-state index >= 15 is 0 Å². The lowest BCUT2D eigenvalue weighted by Crippen LogP contribution is -2.51. The molecule has 142 valence electrons. The number of benzene rings is 1. The van der Waals surface area contributed by atoms with E-state index in [9.17, 15) is 13.2 Å². The summed E-state index contributed by atoms with van der Waals surface area (Å²) in [5, 5.41) is 3.42. The molecule has 8 heteroatoms. The Balaban J connectivity index is 1.55. The average molecular weight is 406 g/mol. The van der Waals surface area contributed by atoms with Gasteiger partial charge in [0, 0.05) is 36.0 Å². The minimum absolute atomic E-state index is 0.197. The van der Waals surface area contributed by atoms with Gasteiger partial charge in [-0.25, -0.2) is 8.42 Å². The Morgan fingerprint density at radius 1 is 1.30 bits per heavy atom. The van der Waals surface area contributed by atoms with Gasteiger partial charge in [0.2, 0.25) is 10.0 Å². The number of hydrogen-bond acceptors (Lipinski definition) is 4. The van der Waals surface area contributed by atoms with E-state index in [1.54, 1.807) is 30.5 Å². The second kappa shape index (κ2) is 6.89. The standard InChI is InChI=1S/C19H20ClN3O3S/c1-12-4-5-15(9-16(12)20)27(25,26)23-11-13-7-17(18(23)8-13)22-19(24)14-3-2-6-21-10-14/h2-6,9-10,13,17-18H,7-8,11H2,1H3,(H,22,24). The van der Waals surface area contributed by atoms with Gasteiger partial charge in [0.1, 0.15) is 0 Å². The van der Waals surface area contributed by atoms with E-state index in [0.717, 1.165) is 18.4 Å². The highest BCUT2D eigenvalue weighted by molar-refractivity contribution is 7.89. The highest BCUT2D eigenvalue weighted by Crippen LogP contribution is 2.41. The number of pyridine rings is 1. The highest BCUT2D eigenvalue weighted by atomic mass is 35.5. The van der Waals surface area contributed by atoms with Crippen LogP contribution in [0.5, 0.6) is 0 Å². The summed E-state index contributed by atoms with van der Waals surface area (Å²) in [6.07, 6.45) is 4.66.